The normalized spacial score (nSPS) is 19.7. The summed E-state index contributed by atoms with van der Waals surface area (Å²) in [5.74, 6) is 0.486. The van der Waals surface area contributed by atoms with Crippen molar-refractivity contribution in [1.29, 1.82) is 0 Å². The van der Waals surface area contributed by atoms with Crippen LogP contribution in [0.1, 0.15) is 24.0 Å². The van der Waals surface area contributed by atoms with E-state index in [1.165, 1.54) is 22.5 Å². The van der Waals surface area contributed by atoms with E-state index in [1.807, 2.05) is 24.1 Å². The summed E-state index contributed by atoms with van der Waals surface area (Å²) in [6, 6.07) is 9.27. The van der Waals surface area contributed by atoms with Gasteiger partial charge in [-0.05, 0) is 49.3 Å². The predicted molar refractivity (Wildman–Crippen MR) is 132 cm³/mol. The first-order chi connectivity index (χ1) is 15.5. The molecule has 3 aromatic rings. The lowest BCUT2D eigenvalue weighted by atomic mass is 9.90. The summed E-state index contributed by atoms with van der Waals surface area (Å²) in [6.45, 7) is 11.1. The van der Waals surface area contributed by atoms with Crippen molar-refractivity contribution in [1.82, 2.24) is 24.6 Å². The third kappa shape index (κ3) is 4.07. The van der Waals surface area contributed by atoms with Gasteiger partial charge in [-0.15, -0.1) is 0 Å². The number of aromatic nitrogens is 3. The molecule has 1 atom stereocenters. The van der Waals surface area contributed by atoms with Crippen molar-refractivity contribution in [2.24, 2.45) is 7.05 Å². The molecule has 0 aliphatic carbocycles. The molecule has 2 aliphatic heterocycles. The van der Waals surface area contributed by atoms with E-state index < -0.39 is 0 Å². The summed E-state index contributed by atoms with van der Waals surface area (Å²) < 4.78 is 1.85. The Balaban J connectivity index is 1.31. The molecule has 0 bridgehead atoms. The average molecular weight is 434 g/mol. The van der Waals surface area contributed by atoms with Crippen LogP contribution >= 0.6 is 0 Å². The van der Waals surface area contributed by atoms with E-state index in [2.05, 4.69) is 75.0 Å². The Morgan fingerprint density at radius 3 is 2.66 bits per heavy atom. The summed E-state index contributed by atoms with van der Waals surface area (Å²) in [7, 11) is 6.26. The minimum atomic E-state index is 0.486. The molecule has 32 heavy (non-hydrogen) atoms. The van der Waals surface area contributed by atoms with E-state index in [0.717, 1.165) is 63.4 Å². The molecule has 4 heterocycles. The van der Waals surface area contributed by atoms with Gasteiger partial charge in [0.1, 0.15) is 0 Å². The average Bonchev–Trinajstić information content (AvgIpc) is 3.19. The minimum absolute atomic E-state index is 0.486. The van der Waals surface area contributed by atoms with Crippen molar-refractivity contribution < 1.29 is 0 Å². The van der Waals surface area contributed by atoms with Crippen LogP contribution in [0.5, 0.6) is 0 Å². The monoisotopic (exact) mass is 433 g/mol. The lowest BCUT2D eigenvalue weighted by molar-refractivity contribution is 0.229. The second-order valence-electron chi connectivity index (χ2n) is 9.63. The van der Waals surface area contributed by atoms with E-state index in [-0.39, 0.29) is 0 Å². The Hall–Kier alpha value is -2.64. The molecule has 0 spiro atoms. The van der Waals surface area contributed by atoms with Crippen molar-refractivity contribution in [3.05, 3.63) is 47.8 Å². The van der Waals surface area contributed by atoms with Crippen LogP contribution in [0.3, 0.4) is 0 Å². The number of fused-ring (bicyclic) bond motifs is 2. The van der Waals surface area contributed by atoms with Crippen LogP contribution in [0.25, 0.3) is 11.0 Å². The molecule has 0 saturated carbocycles. The van der Waals surface area contributed by atoms with Crippen LogP contribution in [0.4, 0.5) is 11.4 Å². The molecule has 2 aromatic heterocycles. The molecule has 7 heteroatoms. The van der Waals surface area contributed by atoms with E-state index >= 15 is 0 Å². The quantitative estimate of drug-likeness (QED) is 0.617. The maximum Gasteiger partial charge on any atom is 0.159 e. The number of aryl methyl sites for hydroxylation is 1. The van der Waals surface area contributed by atoms with Gasteiger partial charge in [0, 0.05) is 71.3 Å². The van der Waals surface area contributed by atoms with Crippen molar-refractivity contribution in [3.8, 4) is 0 Å². The summed E-state index contributed by atoms with van der Waals surface area (Å²) in [5.41, 5.74) is 6.51. The molecule has 0 unspecified atom stereocenters. The molecule has 1 fully saturated rings. The van der Waals surface area contributed by atoms with Gasteiger partial charge in [0.15, 0.2) is 5.65 Å². The lowest BCUT2D eigenvalue weighted by Gasteiger charge is -2.38. The summed E-state index contributed by atoms with van der Waals surface area (Å²) >= 11 is 0. The number of likely N-dealkylation sites (N-methyl/N-ethyl adjacent to an activating group) is 1. The van der Waals surface area contributed by atoms with E-state index in [0.29, 0.717) is 5.92 Å². The molecule has 2 aliphatic rings. The second-order valence-corrected chi connectivity index (χ2v) is 9.63. The molecule has 5 rings (SSSR count). The Morgan fingerprint density at radius 2 is 1.88 bits per heavy atom. The number of rotatable bonds is 5. The maximum absolute atomic E-state index is 4.51. The Morgan fingerprint density at radius 1 is 1.06 bits per heavy atom. The molecular weight excluding hydrogens is 398 g/mol. The van der Waals surface area contributed by atoms with E-state index in [9.17, 15) is 0 Å². The van der Waals surface area contributed by atoms with Gasteiger partial charge in [0.25, 0.3) is 0 Å². The number of nitrogens with zero attached hydrogens (tertiary/aromatic N) is 7. The number of hydrogen-bond donors (Lipinski definition) is 0. The molecule has 1 aromatic carbocycles. The van der Waals surface area contributed by atoms with E-state index in [4.69, 9.17) is 0 Å². The topological polar surface area (TPSA) is 43.7 Å². The number of benzene rings is 1. The summed E-state index contributed by atoms with van der Waals surface area (Å²) in [6.07, 6.45) is 3.85. The third-order valence-corrected chi connectivity index (χ3v) is 7.07. The van der Waals surface area contributed by atoms with Gasteiger partial charge in [-0.1, -0.05) is 13.0 Å². The van der Waals surface area contributed by atoms with Crippen LogP contribution < -0.4 is 9.80 Å². The SMILES string of the molecule is C[C@H]1CN(c2ccnc3c2cnn3C)Cc2ccc(N3CCN(CCN(C)C)CC3)cc21. The Kier molecular flexibility index (Phi) is 5.78. The fraction of sp³-hybridized carbons (Fsp3) is 0.520. The Bertz CT molecular complexity index is 1080. The first kappa shape index (κ1) is 21.2. The highest BCUT2D eigenvalue weighted by Crippen LogP contribution is 2.36. The zero-order chi connectivity index (χ0) is 22.2. The fourth-order valence-electron chi connectivity index (χ4n) is 5.14. The Labute approximate surface area is 191 Å². The molecule has 0 N–H and O–H groups in total. The second kappa shape index (κ2) is 8.71. The lowest BCUT2D eigenvalue weighted by Crippen LogP contribution is -2.48. The van der Waals surface area contributed by atoms with Crippen molar-refractivity contribution >= 4 is 22.4 Å². The van der Waals surface area contributed by atoms with Gasteiger partial charge in [0.2, 0.25) is 0 Å². The third-order valence-electron chi connectivity index (χ3n) is 7.07. The van der Waals surface area contributed by atoms with Crippen LogP contribution in [-0.4, -0.2) is 84.5 Å². The van der Waals surface area contributed by atoms with Crippen molar-refractivity contribution in [2.75, 3.05) is 69.7 Å². The van der Waals surface area contributed by atoms with Gasteiger partial charge in [0.05, 0.1) is 17.3 Å². The van der Waals surface area contributed by atoms with Crippen LogP contribution in [0, 0.1) is 0 Å². The van der Waals surface area contributed by atoms with Gasteiger partial charge < -0.3 is 14.7 Å². The largest absolute Gasteiger partial charge is 0.369 e. The van der Waals surface area contributed by atoms with Crippen LogP contribution in [0.2, 0.25) is 0 Å². The molecule has 1 saturated heterocycles. The van der Waals surface area contributed by atoms with Gasteiger partial charge in [-0.25, -0.2) is 4.98 Å². The fourth-order valence-corrected chi connectivity index (χ4v) is 5.14. The van der Waals surface area contributed by atoms with Crippen LogP contribution in [-0.2, 0) is 13.6 Å². The van der Waals surface area contributed by atoms with Gasteiger partial charge in [-0.2, -0.15) is 5.10 Å². The predicted octanol–water partition coefficient (Wildman–Crippen LogP) is 2.78. The molecular formula is C25H35N7. The first-order valence-electron chi connectivity index (χ1n) is 11.8. The van der Waals surface area contributed by atoms with Crippen molar-refractivity contribution in [2.45, 2.75) is 19.4 Å². The molecule has 7 nitrogen and oxygen atoms in total. The molecule has 0 amide bonds. The highest BCUT2D eigenvalue weighted by atomic mass is 15.3. The van der Waals surface area contributed by atoms with Gasteiger partial charge in [-0.3, -0.25) is 9.58 Å². The minimum Gasteiger partial charge on any atom is -0.369 e. The molecule has 170 valence electrons. The smallest absolute Gasteiger partial charge is 0.159 e. The van der Waals surface area contributed by atoms with Crippen molar-refractivity contribution in [3.63, 3.8) is 0 Å². The van der Waals surface area contributed by atoms with Crippen LogP contribution in [0.15, 0.2) is 36.7 Å². The summed E-state index contributed by atoms with van der Waals surface area (Å²) in [4.78, 5) is 14.4. The number of anilines is 2. The zero-order valence-electron chi connectivity index (χ0n) is 19.8. The highest BCUT2D eigenvalue weighted by molar-refractivity contribution is 5.89. The molecule has 0 radical (unpaired) electrons. The standard InChI is InChI=1S/C25H35N7/c1-19-17-32(24-7-8-26-25-23(24)16-27-29(25)4)18-20-5-6-21(15-22(19)20)31-13-11-30(12-14-31)10-9-28(2)3/h5-8,15-16,19H,9-14,17-18H2,1-4H3/t19-/m0/s1. The summed E-state index contributed by atoms with van der Waals surface area (Å²) in [5, 5.41) is 5.55. The zero-order valence-corrected chi connectivity index (χ0v) is 19.8. The number of hydrogen-bond acceptors (Lipinski definition) is 6. The maximum atomic E-state index is 4.51. The number of pyridine rings is 1. The van der Waals surface area contributed by atoms with E-state index in [1.54, 1.807) is 0 Å². The highest BCUT2D eigenvalue weighted by Gasteiger charge is 2.26. The van der Waals surface area contributed by atoms with Gasteiger partial charge >= 0.3 is 0 Å². The first-order valence-corrected chi connectivity index (χ1v) is 11.8. The number of piperazine rings is 1.